The molecule has 0 unspecified atom stereocenters. The molecular formula is C15H16N2O2S. The van der Waals surface area contributed by atoms with Crippen LogP contribution in [-0.4, -0.2) is 17.8 Å². The number of aryl methyl sites for hydroxylation is 1. The highest BCUT2D eigenvalue weighted by atomic mass is 32.2. The molecule has 0 spiro atoms. The largest absolute Gasteiger partial charge is 0.365 e. The first-order valence-corrected chi connectivity index (χ1v) is 7.20. The summed E-state index contributed by atoms with van der Waals surface area (Å²) in [5.41, 5.74) is 2.20. The second kappa shape index (κ2) is 6.43. The summed E-state index contributed by atoms with van der Waals surface area (Å²) in [4.78, 5) is 13.6. The molecule has 0 aliphatic rings. The summed E-state index contributed by atoms with van der Waals surface area (Å²) in [5.74, 6) is 0.740. The highest BCUT2D eigenvalue weighted by Gasteiger charge is 2.08. The Bertz CT molecular complexity index is 599. The average molecular weight is 288 g/mol. The van der Waals surface area contributed by atoms with Crippen molar-refractivity contribution in [1.29, 1.82) is 0 Å². The van der Waals surface area contributed by atoms with E-state index in [-0.39, 0.29) is 10.6 Å². The zero-order valence-electron chi connectivity index (χ0n) is 11.4. The Morgan fingerprint density at radius 1 is 1.20 bits per heavy atom. The van der Waals surface area contributed by atoms with Crippen molar-refractivity contribution in [2.75, 3.05) is 17.8 Å². The number of rotatable bonds is 5. The number of hydrogen-bond donors (Lipinski definition) is 0. The standard InChI is InChI=1S/C15H16N2O2S/c1-12-6-8-15(9-7-12)20-11-16(2)13-4-3-5-14(10-13)17(18)19/h3-10H,11H2,1-2H3. The maximum absolute atomic E-state index is 10.8. The normalized spacial score (nSPS) is 10.3. The minimum Gasteiger partial charge on any atom is -0.365 e. The number of hydrogen-bond acceptors (Lipinski definition) is 4. The zero-order valence-corrected chi connectivity index (χ0v) is 12.3. The second-order valence-electron chi connectivity index (χ2n) is 4.56. The first-order chi connectivity index (χ1) is 9.56. The van der Waals surface area contributed by atoms with Crippen molar-refractivity contribution in [1.82, 2.24) is 0 Å². The average Bonchev–Trinajstić information content (AvgIpc) is 2.46. The van der Waals surface area contributed by atoms with E-state index in [2.05, 4.69) is 31.2 Å². The van der Waals surface area contributed by atoms with Crippen LogP contribution >= 0.6 is 11.8 Å². The molecule has 0 fully saturated rings. The van der Waals surface area contributed by atoms with Gasteiger partial charge in [0.25, 0.3) is 5.69 Å². The number of anilines is 1. The molecule has 104 valence electrons. The number of nitro groups is 1. The third-order valence-corrected chi connectivity index (χ3v) is 4.05. The van der Waals surface area contributed by atoms with Crippen molar-refractivity contribution in [2.45, 2.75) is 11.8 Å². The number of thioether (sulfide) groups is 1. The molecule has 2 aromatic carbocycles. The number of nitrogens with zero attached hydrogens (tertiary/aromatic N) is 2. The van der Waals surface area contributed by atoms with E-state index in [1.807, 2.05) is 18.0 Å². The van der Waals surface area contributed by atoms with E-state index < -0.39 is 0 Å². The Morgan fingerprint density at radius 3 is 2.55 bits per heavy atom. The fourth-order valence-corrected chi connectivity index (χ4v) is 2.54. The van der Waals surface area contributed by atoms with Gasteiger partial charge in [0.15, 0.2) is 0 Å². The molecule has 4 nitrogen and oxygen atoms in total. The van der Waals surface area contributed by atoms with Gasteiger partial charge in [0.2, 0.25) is 0 Å². The van der Waals surface area contributed by atoms with Crippen molar-refractivity contribution in [3.63, 3.8) is 0 Å². The first kappa shape index (κ1) is 14.4. The summed E-state index contributed by atoms with van der Waals surface area (Å²) in [6.45, 7) is 2.06. The molecule has 2 aromatic rings. The van der Waals surface area contributed by atoms with Gasteiger partial charge in [-0.15, -0.1) is 11.8 Å². The van der Waals surface area contributed by atoms with Crippen LogP contribution in [0.3, 0.4) is 0 Å². The summed E-state index contributed by atoms with van der Waals surface area (Å²) < 4.78 is 0. The molecule has 0 heterocycles. The van der Waals surface area contributed by atoms with Gasteiger partial charge < -0.3 is 4.90 Å². The van der Waals surface area contributed by atoms with Crippen molar-refractivity contribution < 1.29 is 4.92 Å². The maximum atomic E-state index is 10.8. The topological polar surface area (TPSA) is 46.4 Å². The van der Waals surface area contributed by atoms with E-state index in [1.165, 1.54) is 16.5 Å². The van der Waals surface area contributed by atoms with E-state index >= 15 is 0 Å². The van der Waals surface area contributed by atoms with Crippen LogP contribution in [0.25, 0.3) is 0 Å². The SMILES string of the molecule is Cc1ccc(SCN(C)c2cccc([N+](=O)[O-])c2)cc1. The molecule has 0 aromatic heterocycles. The van der Waals surface area contributed by atoms with Gasteiger partial charge in [0.1, 0.15) is 0 Å². The van der Waals surface area contributed by atoms with Gasteiger partial charge in [-0.2, -0.15) is 0 Å². The lowest BCUT2D eigenvalue weighted by atomic mass is 10.2. The van der Waals surface area contributed by atoms with Crippen molar-refractivity contribution in [2.24, 2.45) is 0 Å². The second-order valence-corrected chi connectivity index (χ2v) is 5.58. The molecule has 0 radical (unpaired) electrons. The van der Waals surface area contributed by atoms with Gasteiger partial charge in [0, 0.05) is 29.8 Å². The van der Waals surface area contributed by atoms with Crippen molar-refractivity contribution in [3.05, 3.63) is 64.2 Å². The summed E-state index contributed by atoms with van der Waals surface area (Å²) in [5, 5.41) is 10.8. The van der Waals surface area contributed by atoms with Gasteiger partial charge >= 0.3 is 0 Å². The lowest BCUT2D eigenvalue weighted by molar-refractivity contribution is -0.384. The summed E-state index contributed by atoms with van der Waals surface area (Å²) in [6, 6.07) is 15.0. The minimum atomic E-state index is -0.371. The predicted molar refractivity (Wildman–Crippen MR) is 83.4 cm³/mol. The minimum absolute atomic E-state index is 0.120. The van der Waals surface area contributed by atoms with Crippen LogP contribution in [0.5, 0.6) is 0 Å². The van der Waals surface area contributed by atoms with Crippen LogP contribution in [0.4, 0.5) is 11.4 Å². The summed E-state index contributed by atoms with van der Waals surface area (Å²) in [6.07, 6.45) is 0. The molecule has 0 aliphatic carbocycles. The van der Waals surface area contributed by atoms with Crippen LogP contribution in [-0.2, 0) is 0 Å². The predicted octanol–water partition coefficient (Wildman–Crippen LogP) is 4.09. The quantitative estimate of drug-likeness (QED) is 0.360. The van der Waals surface area contributed by atoms with Gasteiger partial charge in [-0.25, -0.2) is 0 Å². The Kier molecular flexibility index (Phi) is 4.63. The smallest absolute Gasteiger partial charge is 0.271 e. The third-order valence-electron chi connectivity index (χ3n) is 2.93. The van der Waals surface area contributed by atoms with E-state index in [0.717, 1.165) is 11.6 Å². The Labute approximate surface area is 122 Å². The van der Waals surface area contributed by atoms with Crippen LogP contribution in [0.15, 0.2) is 53.4 Å². The molecular weight excluding hydrogens is 272 g/mol. The van der Waals surface area contributed by atoms with Crippen molar-refractivity contribution >= 4 is 23.1 Å². The Hall–Kier alpha value is -2.01. The van der Waals surface area contributed by atoms with E-state index in [1.54, 1.807) is 23.9 Å². The van der Waals surface area contributed by atoms with Crippen LogP contribution in [0.2, 0.25) is 0 Å². The molecule has 20 heavy (non-hydrogen) atoms. The molecule has 2 rings (SSSR count). The summed E-state index contributed by atoms with van der Waals surface area (Å²) in [7, 11) is 1.93. The highest BCUT2D eigenvalue weighted by Crippen LogP contribution is 2.24. The molecule has 5 heteroatoms. The number of non-ortho nitro benzene ring substituents is 1. The van der Waals surface area contributed by atoms with Gasteiger partial charge in [0.05, 0.1) is 10.8 Å². The molecule has 0 bridgehead atoms. The number of nitro benzene ring substituents is 1. The molecule has 0 amide bonds. The van der Waals surface area contributed by atoms with E-state index in [9.17, 15) is 10.1 Å². The molecule has 0 saturated carbocycles. The van der Waals surface area contributed by atoms with Gasteiger partial charge in [-0.05, 0) is 25.1 Å². The maximum Gasteiger partial charge on any atom is 0.271 e. The third kappa shape index (κ3) is 3.74. The molecule has 0 N–H and O–H groups in total. The first-order valence-electron chi connectivity index (χ1n) is 6.21. The molecule has 0 aliphatic heterocycles. The van der Waals surface area contributed by atoms with E-state index in [0.29, 0.717) is 0 Å². The monoisotopic (exact) mass is 288 g/mol. The molecule has 0 saturated heterocycles. The Morgan fingerprint density at radius 2 is 1.90 bits per heavy atom. The number of benzene rings is 2. The lowest BCUT2D eigenvalue weighted by Crippen LogP contribution is -2.15. The van der Waals surface area contributed by atoms with Crippen LogP contribution in [0.1, 0.15) is 5.56 Å². The Balaban J connectivity index is 2.01. The van der Waals surface area contributed by atoms with Crippen molar-refractivity contribution in [3.8, 4) is 0 Å². The molecule has 0 atom stereocenters. The van der Waals surface area contributed by atoms with Crippen LogP contribution in [0, 0.1) is 17.0 Å². The highest BCUT2D eigenvalue weighted by molar-refractivity contribution is 7.99. The van der Waals surface area contributed by atoms with E-state index in [4.69, 9.17) is 0 Å². The van der Waals surface area contributed by atoms with Gasteiger partial charge in [-0.1, -0.05) is 23.8 Å². The van der Waals surface area contributed by atoms with Gasteiger partial charge in [-0.3, -0.25) is 10.1 Å². The van der Waals surface area contributed by atoms with Crippen LogP contribution < -0.4 is 4.90 Å². The fraction of sp³-hybridized carbons (Fsp3) is 0.200. The summed E-state index contributed by atoms with van der Waals surface area (Å²) >= 11 is 1.70. The lowest BCUT2D eigenvalue weighted by Gasteiger charge is -2.18. The fourth-order valence-electron chi connectivity index (χ4n) is 1.72. The zero-order chi connectivity index (χ0) is 14.5.